The van der Waals surface area contributed by atoms with Crippen molar-refractivity contribution in [1.82, 2.24) is 0 Å². The largest absolute Gasteiger partial charge is 0.0731 e. The smallest absolute Gasteiger partial charge is 0.0683 e. The Morgan fingerprint density at radius 1 is 0.500 bits per heavy atom. The molecular weight excluding hydrogens is 595 g/mol. The van der Waals surface area contributed by atoms with Crippen LogP contribution in [0.5, 0.6) is 0 Å². The Morgan fingerprint density at radius 3 is 1.55 bits per heavy atom. The molecule has 5 rings (SSSR count). The normalized spacial score (nSPS) is 20.4. The maximum atomic E-state index is 2.85. The van der Waals surface area contributed by atoms with Crippen molar-refractivity contribution in [2.24, 2.45) is 0 Å². The molecule has 1 heteroatoms. The third-order valence-corrected chi connectivity index (χ3v) is 11.7. The lowest BCUT2D eigenvalue weighted by Gasteiger charge is -2.29. The summed E-state index contributed by atoms with van der Waals surface area (Å²) in [5.41, 5.74) is 15.1. The average molecular weight is 647 g/mol. The van der Waals surface area contributed by atoms with Gasteiger partial charge in [-0.3, -0.25) is 0 Å². The van der Waals surface area contributed by atoms with Crippen molar-refractivity contribution < 1.29 is 0 Å². The summed E-state index contributed by atoms with van der Waals surface area (Å²) in [6.07, 6.45) is 18.7. The van der Waals surface area contributed by atoms with Gasteiger partial charge in [-0.15, -0.1) is 0 Å². The molecule has 0 aliphatic heterocycles. The molecule has 0 amide bonds. The molecule has 3 aromatic carbocycles. The van der Waals surface area contributed by atoms with Gasteiger partial charge < -0.3 is 0 Å². The van der Waals surface area contributed by atoms with Gasteiger partial charge in [0.2, 0.25) is 0 Å². The van der Waals surface area contributed by atoms with Gasteiger partial charge in [-0.25, -0.2) is 0 Å². The zero-order chi connectivity index (χ0) is 28.3. The number of alkyl halides is 1. The van der Waals surface area contributed by atoms with Crippen molar-refractivity contribution in [3.05, 3.63) is 81.9 Å². The second-order valence-corrected chi connectivity index (χ2v) is 15.1. The SMILES string of the molecule is CCCCCCCCC1(C)c2cc(C)ccc2-c2cc3c(cc21)-c1ccc(C)cc1C3(I)CCCCCCCC. The molecule has 214 valence electrons. The summed E-state index contributed by atoms with van der Waals surface area (Å²) in [5, 5.41) is 0. The van der Waals surface area contributed by atoms with Crippen LogP contribution in [0.4, 0.5) is 0 Å². The standard InChI is InChI=1S/C39H51I/c1-6-8-10-12-14-16-22-38(5)34-24-28(3)18-20-30(34)32-27-37-33(26-35(32)38)31-21-19-29(4)25-36(31)39(37,40)23-17-15-13-11-9-7-2/h18-21,24-27H,6-17,22-23H2,1-5H3. The zero-order valence-electron chi connectivity index (χ0n) is 25.9. The molecule has 0 radical (unpaired) electrons. The molecule has 0 bridgehead atoms. The number of fused-ring (bicyclic) bond motifs is 6. The van der Waals surface area contributed by atoms with Crippen LogP contribution in [-0.4, -0.2) is 0 Å². The summed E-state index contributed by atoms with van der Waals surface area (Å²) in [6.45, 7) is 11.7. The van der Waals surface area contributed by atoms with Crippen LogP contribution in [0, 0.1) is 13.8 Å². The van der Waals surface area contributed by atoms with E-state index in [2.05, 4.69) is 106 Å². The first-order chi connectivity index (χ1) is 19.3. The van der Waals surface area contributed by atoms with E-state index in [0.717, 1.165) is 0 Å². The van der Waals surface area contributed by atoms with Gasteiger partial charge in [0, 0.05) is 5.41 Å². The molecule has 2 aliphatic rings. The Morgan fingerprint density at radius 2 is 0.925 bits per heavy atom. The van der Waals surface area contributed by atoms with Gasteiger partial charge in [0.15, 0.2) is 0 Å². The van der Waals surface area contributed by atoms with Gasteiger partial charge >= 0.3 is 0 Å². The Balaban J connectivity index is 1.52. The fourth-order valence-corrected chi connectivity index (χ4v) is 8.91. The van der Waals surface area contributed by atoms with Gasteiger partial charge in [-0.2, -0.15) is 0 Å². The number of unbranched alkanes of at least 4 members (excludes halogenated alkanes) is 10. The Labute approximate surface area is 258 Å². The fraction of sp³-hybridized carbons (Fsp3) is 0.538. The van der Waals surface area contributed by atoms with Crippen LogP contribution in [0.3, 0.4) is 0 Å². The molecule has 0 spiro atoms. The van der Waals surface area contributed by atoms with Crippen LogP contribution in [-0.2, 0) is 8.84 Å². The second kappa shape index (κ2) is 12.7. The molecule has 40 heavy (non-hydrogen) atoms. The van der Waals surface area contributed by atoms with Crippen LogP contribution in [0.1, 0.15) is 144 Å². The summed E-state index contributed by atoms with van der Waals surface area (Å²) < 4.78 is 0.0668. The van der Waals surface area contributed by atoms with E-state index >= 15 is 0 Å². The molecule has 0 saturated carbocycles. The van der Waals surface area contributed by atoms with Gasteiger partial charge in [-0.05, 0) is 83.3 Å². The fourth-order valence-electron chi connectivity index (χ4n) is 7.64. The zero-order valence-corrected chi connectivity index (χ0v) is 28.1. The first kappa shape index (κ1) is 29.9. The average Bonchev–Trinajstić information content (AvgIpc) is 3.32. The summed E-state index contributed by atoms with van der Waals surface area (Å²) >= 11 is 2.85. The van der Waals surface area contributed by atoms with Gasteiger partial charge in [-0.1, -0.05) is 168 Å². The predicted octanol–water partition coefficient (Wildman–Crippen LogP) is 12.8. The molecule has 0 nitrogen and oxygen atoms in total. The van der Waals surface area contributed by atoms with Crippen molar-refractivity contribution in [1.29, 1.82) is 0 Å². The van der Waals surface area contributed by atoms with Gasteiger partial charge in [0.25, 0.3) is 0 Å². The minimum absolute atomic E-state index is 0.0668. The summed E-state index contributed by atoms with van der Waals surface area (Å²) in [5.74, 6) is 0. The molecule has 2 atom stereocenters. The van der Waals surface area contributed by atoms with E-state index in [0.29, 0.717) is 0 Å². The number of hydrogen-bond acceptors (Lipinski definition) is 0. The van der Waals surface area contributed by atoms with E-state index in [1.54, 1.807) is 22.3 Å². The number of aryl methyl sites for hydroxylation is 2. The maximum Gasteiger partial charge on any atom is 0.0731 e. The van der Waals surface area contributed by atoms with Crippen molar-refractivity contribution >= 4 is 22.6 Å². The predicted molar refractivity (Wildman–Crippen MR) is 184 cm³/mol. The van der Waals surface area contributed by atoms with Crippen LogP contribution in [0.15, 0.2) is 48.5 Å². The third kappa shape index (κ3) is 5.58. The number of rotatable bonds is 14. The van der Waals surface area contributed by atoms with E-state index in [-0.39, 0.29) is 8.84 Å². The number of benzene rings is 3. The molecule has 0 heterocycles. The molecule has 2 unspecified atom stereocenters. The summed E-state index contributed by atoms with van der Waals surface area (Å²) in [6, 6.07) is 19.8. The third-order valence-electron chi connectivity index (χ3n) is 10.0. The first-order valence-electron chi connectivity index (χ1n) is 16.4. The van der Waals surface area contributed by atoms with Crippen LogP contribution >= 0.6 is 22.6 Å². The highest BCUT2D eigenvalue weighted by atomic mass is 127. The first-order valence-corrected chi connectivity index (χ1v) is 17.5. The topological polar surface area (TPSA) is 0 Å². The van der Waals surface area contributed by atoms with E-state index in [1.807, 2.05) is 0 Å². The number of halogens is 1. The molecule has 2 aliphatic carbocycles. The maximum absolute atomic E-state index is 2.85. The van der Waals surface area contributed by atoms with E-state index < -0.39 is 0 Å². The highest BCUT2D eigenvalue weighted by Crippen LogP contribution is 2.60. The van der Waals surface area contributed by atoms with Crippen molar-refractivity contribution in [3.63, 3.8) is 0 Å². The van der Waals surface area contributed by atoms with E-state index in [1.165, 1.54) is 123 Å². The lowest BCUT2D eigenvalue weighted by molar-refractivity contribution is 0.480. The van der Waals surface area contributed by atoms with Crippen LogP contribution < -0.4 is 0 Å². The monoisotopic (exact) mass is 646 g/mol. The highest BCUT2D eigenvalue weighted by Gasteiger charge is 2.45. The molecule has 3 aromatic rings. The summed E-state index contributed by atoms with van der Waals surface area (Å²) in [7, 11) is 0. The van der Waals surface area contributed by atoms with Crippen molar-refractivity contribution in [2.75, 3.05) is 0 Å². The molecular formula is C39H51I. The molecule has 0 N–H and O–H groups in total. The summed E-state index contributed by atoms with van der Waals surface area (Å²) in [4.78, 5) is 0. The highest BCUT2D eigenvalue weighted by molar-refractivity contribution is 14.1. The van der Waals surface area contributed by atoms with E-state index in [9.17, 15) is 0 Å². The molecule has 0 saturated heterocycles. The Kier molecular flexibility index (Phi) is 9.50. The van der Waals surface area contributed by atoms with Crippen molar-refractivity contribution in [3.8, 4) is 22.3 Å². The van der Waals surface area contributed by atoms with E-state index in [4.69, 9.17) is 0 Å². The lowest BCUT2D eigenvalue weighted by Crippen LogP contribution is -2.21. The minimum atomic E-state index is 0.0668. The Bertz CT molecular complexity index is 1230. The van der Waals surface area contributed by atoms with Gasteiger partial charge in [0.05, 0.1) is 3.42 Å². The molecule has 0 fully saturated rings. The van der Waals surface area contributed by atoms with Crippen LogP contribution in [0.25, 0.3) is 22.3 Å². The number of hydrogen-bond donors (Lipinski definition) is 0. The van der Waals surface area contributed by atoms with Gasteiger partial charge in [0.1, 0.15) is 0 Å². The molecule has 0 aromatic heterocycles. The van der Waals surface area contributed by atoms with Crippen molar-refractivity contribution in [2.45, 2.75) is 133 Å². The lowest BCUT2D eigenvalue weighted by atomic mass is 9.75. The second-order valence-electron chi connectivity index (χ2n) is 13.2. The van der Waals surface area contributed by atoms with Crippen LogP contribution in [0.2, 0.25) is 0 Å². The quantitative estimate of drug-likeness (QED) is 0.0929. The Hall–Kier alpha value is -1.61. The minimum Gasteiger partial charge on any atom is -0.0683 e.